The molecule has 0 fully saturated rings. The Hall–Kier alpha value is -1.77. The number of aryl methyl sites for hydroxylation is 1. The molecule has 0 unspecified atom stereocenters. The first kappa shape index (κ1) is 8.81. The maximum absolute atomic E-state index is 11.2. The van der Waals surface area contributed by atoms with Gasteiger partial charge in [0.05, 0.1) is 17.2 Å². The number of carbonyl (C=O) groups excluding carboxylic acids is 1. The Bertz CT molecular complexity index is 508. The van der Waals surface area contributed by atoms with Crippen molar-refractivity contribution in [2.45, 2.75) is 13.8 Å². The van der Waals surface area contributed by atoms with E-state index in [9.17, 15) is 9.90 Å². The van der Waals surface area contributed by atoms with Crippen molar-refractivity contribution in [2.75, 3.05) is 0 Å². The highest BCUT2D eigenvalue weighted by Crippen LogP contribution is 2.32. The van der Waals surface area contributed by atoms with Gasteiger partial charge < -0.3 is 9.52 Å². The van der Waals surface area contributed by atoms with E-state index in [-0.39, 0.29) is 11.5 Å². The number of phenols is 1. The van der Waals surface area contributed by atoms with E-state index >= 15 is 0 Å². The zero-order valence-electron chi connectivity index (χ0n) is 8.00. The number of aromatic hydroxyl groups is 1. The molecule has 0 aliphatic rings. The van der Waals surface area contributed by atoms with Crippen molar-refractivity contribution in [2.24, 2.45) is 0 Å². The third kappa shape index (κ3) is 1.09. The average molecular weight is 190 g/mol. The molecule has 0 bridgehead atoms. The number of furan rings is 1. The molecule has 0 amide bonds. The first-order chi connectivity index (χ1) is 6.61. The van der Waals surface area contributed by atoms with Crippen LogP contribution >= 0.6 is 0 Å². The second kappa shape index (κ2) is 2.87. The highest BCUT2D eigenvalue weighted by atomic mass is 16.3. The molecule has 0 radical (unpaired) electrons. The molecule has 3 nitrogen and oxygen atoms in total. The van der Waals surface area contributed by atoms with Gasteiger partial charge in [-0.2, -0.15) is 0 Å². The second-order valence-electron chi connectivity index (χ2n) is 3.31. The van der Waals surface area contributed by atoms with Crippen LogP contribution in [0.15, 0.2) is 22.8 Å². The summed E-state index contributed by atoms with van der Waals surface area (Å²) in [7, 11) is 0. The number of carbonyl (C=O) groups is 1. The predicted molar refractivity (Wildman–Crippen MR) is 52.6 cm³/mol. The molecule has 0 aliphatic carbocycles. The summed E-state index contributed by atoms with van der Waals surface area (Å²) < 4.78 is 5.19. The molecule has 0 spiro atoms. The lowest BCUT2D eigenvalue weighted by Gasteiger charge is -2.01. The predicted octanol–water partition coefficient (Wildman–Crippen LogP) is 2.65. The van der Waals surface area contributed by atoms with Gasteiger partial charge in [0.2, 0.25) is 0 Å². The minimum absolute atomic E-state index is 0.0150. The van der Waals surface area contributed by atoms with Crippen LogP contribution in [0.4, 0.5) is 0 Å². The van der Waals surface area contributed by atoms with Gasteiger partial charge in [0, 0.05) is 0 Å². The number of hydrogen-bond donors (Lipinski definition) is 1. The number of fused-ring (bicyclic) bond motifs is 1. The van der Waals surface area contributed by atoms with Crippen molar-refractivity contribution >= 4 is 16.8 Å². The SMILES string of the molecule is CC(=O)c1ccc2occ(C)c2c1O. The van der Waals surface area contributed by atoms with Gasteiger partial charge in [-0.15, -0.1) is 0 Å². The Balaban J connectivity index is 2.86. The van der Waals surface area contributed by atoms with Crippen LogP contribution in [0.1, 0.15) is 22.8 Å². The Kier molecular flexibility index (Phi) is 1.81. The fourth-order valence-electron chi connectivity index (χ4n) is 1.55. The summed E-state index contributed by atoms with van der Waals surface area (Å²) in [4.78, 5) is 11.2. The molecule has 1 aromatic carbocycles. The van der Waals surface area contributed by atoms with E-state index in [0.717, 1.165) is 5.56 Å². The number of Topliss-reactive ketones (excluding diaryl/α,β-unsaturated/α-hetero) is 1. The van der Waals surface area contributed by atoms with Gasteiger partial charge in [0.15, 0.2) is 5.78 Å². The minimum Gasteiger partial charge on any atom is -0.506 e. The number of hydrogen-bond acceptors (Lipinski definition) is 3. The first-order valence-electron chi connectivity index (χ1n) is 4.32. The molecule has 0 saturated carbocycles. The lowest BCUT2D eigenvalue weighted by atomic mass is 10.1. The topological polar surface area (TPSA) is 50.4 Å². The second-order valence-corrected chi connectivity index (χ2v) is 3.31. The van der Waals surface area contributed by atoms with Crippen LogP contribution in [0.5, 0.6) is 5.75 Å². The van der Waals surface area contributed by atoms with Crippen LogP contribution in [-0.2, 0) is 0 Å². The zero-order chi connectivity index (χ0) is 10.3. The molecule has 0 saturated heterocycles. The lowest BCUT2D eigenvalue weighted by Crippen LogP contribution is -1.92. The molecule has 1 aromatic heterocycles. The summed E-state index contributed by atoms with van der Waals surface area (Å²) in [6.45, 7) is 3.26. The molecule has 72 valence electrons. The van der Waals surface area contributed by atoms with Crippen molar-refractivity contribution in [3.8, 4) is 5.75 Å². The molecule has 1 heterocycles. The standard InChI is InChI=1S/C11H10O3/c1-6-5-14-9-4-3-8(7(2)12)11(13)10(6)9/h3-5,13H,1-2H3. The smallest absolute Gasteiger partial charge is 0.163 e. The molecular weight excluding hydrogens is 180 g/mol. The van der Waals surface area contributed by atoms with Crippen LogP contribution in [-0.4, -0.2) is 10.9 Å². The Labute approximate surface area is 81.0 Å². The molecule has 2 rings (SSSR count). The summed E-state index contributed by atoms with van der Waals surface area (Å²) in [6.07, 6.45) is 1.56. The molecular formula is C11H10O3. The third-order valence-electron chi connectivity index (χ3n) is 2.28. The number of phenolic OH excluding ortho intramolecular Hbond substituents is 1. The molecule has 2 aromatic rings. The number of ketones is 1. The maximum atomic E-state index is 11.2. The van der Waals surface area contributed by atoms with Gasteiger partial charge in [0.1, 0.15) is 11.3 Å². The summed E-state index contributed by atoms with van der Waals surface area (Å²) in [5.41, 5.74) is 1.77. The molecule has 1 N–H and O–H groups in total. The summed E-state index contributed by atoms with van der Waals surface area (Å²) in [5.74, 6) is -0.133. The molecule has 14 heavy (non-hydrogen) atoms. The van der Waals surface area contributed by atoms with Crippen molar-refractivity contribution in [1.29, 1.82) is 0 Å². The summed E-state index contributed by atoms with van der Waals surface area (Å²) in [5, 5.41) is 10.4. The Morgan fingerprint density at radius 1 is 1.43 bits per heavy atom. The Morgan fingerprint density at radius 2 is 2.14 bits per heavy atom. The van der Waals surface area contributed by atoms with Gasteiger partial charge in [-0.05, 0) is 31.5 Å². The van der Waals surface area contributed by atoms with Gasteiger partial charge >= 0.3 is 0 Å². The van der Waals surface area contributed by atoms with Crippen LogP contribution < -0.4 is 0 Å². The largest absolute Gasteiger partial charge is 0.506 e. The molecule has 3 heteroatoms. The van der Waals surface area contributed by atoms with Crippen LogP contribution in [0.3, 0.4) is 0 Å². The van der Waals surface area contributed by atoms with Gasteiger partial charge in [0.25, 0.3) is 0 Å². The van der Waals surface area contributed by atoms with Crippen molar-refractivity contribution in [1.82, 2.24) is 0 Å². The monoisotopic (exact) mass is 190 g/mol. The van der Waals surface area contributed by atoms with Gasteiger partial charge in [-0.25, -0.2) is 0 Å². The number of rotatable bonds is 1. The quantitative estimate of drug-likeness (QED) is 0.703. The van der Waals surface area contributed by atoms with Crippen LogP contribution in [0.2, 0.25) is 0 Å². The van der Waals surface area contributed by atoms with Gasteiger partial charge in [-0.3, -0.25) is 4.79 Å². The van der Waals surface area contributed by atoms with Gasteiger partial charge in [-0.1, -0.05) is 0 Å². The Morgan fingerprint density at radius 3 is 2.79 bits per heavy atom. The summed E-state index contributed by atoms with van der Waals surface area (Å²) in [6, 6.07) is 3.27. The number of benzene rings is 1. The fraction of sp³-hybridized carbons (Fsp3) is 0.182. The van der Waals surface area contributed by atoms with E-state index in [1.807, 2.05) is 6.92 Å². The third-order valence-corrected chi connectivity index (χ3v) is 2.28. The highest BCUT2D eigenvalue weighted by Gasteiger charge is 2.13. The van der Waals surface area contributed by atoms with Crippen LogP contribution in [0.25, 0.3) is 11.0 Å². The van der Waals surface area contributed by atoms with Crippen molar-refractivity contribution in [3.63, 3.8) is 0 Å². The van der Waals surface area contributed by atoms with E-state index in [4.69, 9.17) is 4.42 Å². The van der Waals surface area contributed by atoms with E-state index in [1.165, 1.54) is 6.92 Å². The normalized spacial score (nSPS) is 10.7. The first-order valence-corrected chi connectivity index (χ1v) is 4.32. The van der Waals surface area contributed by atoms with E-state index < -0.39 is 0 Å². The summed E-state index contributed by atoms with van der Waals surface area (Å²) >= 11 is 0. The fourth-order valence-corrected chi connectivity index (χ4v) is 1.55. The van der Waals surface area contributed by atoms with Crippen molar-refractivity contribution < 1.29 is 14.3 Å². The highest BCUT2D eigenvalue weighted by molar-refractivity contribution is 6.03. The van der Waals surface area contributed by atoms with E-state index in [1.54, 1.807) is 18.4 Å². The molecule has 0 atom stereocenters. The van der Waals surface area contributed by atoms with E-state index in [2.05, 4.69) is 0 Å². The van der Waals surface area contributed by atoms with Crippen molar-refractivity contribution in [3.05, 3.63) is 29.5 Å². The average Bonchev–Trinajstić information content (AvgIpc) is 2.48. The zero-order valence-corrected chi connectivity index (χ0v) is 8.00. The van der Waals surface area contributed by atoms with E-state index in [0.29, 0.717) is 16.5 Å². The van der Waals surface area contributed by atoms with Crippen LogP contribution in [0, 0.1) is 6.92 Å². The molecule has 0 aliphatic heterocycles. The maximum Gasteiger partial charge on any atom is 0.163 e. The minimum atomic E-state index is -0.148. The lowest BCUT2D eigenvalue weighted by molar-refractivity contribution is 0.101.